The van der Waals surface area contributed by atoms with Gasteiger partial charge in [0, 0.05) is 28.3 Å². The van der Waals surface area contributed by atoms with Gasteiger partial charge in [0.2, 0.25) is 0 Å². The summed E-state index contributed by atoms with van der Waals surface area (Å²) in [7, 11) is 0. The number of nitrogens with zero attached hydrogens (tertiary/aromatic N) is 2. The summed E-state index contributed by atoms with van der Waals surface area (Å²) in [6.07, 6.45) is 6.02. The molecule has 1 aromatic heterocycles. The molecule has 1 unspecified atom stereocenters. The number of rotatable bonds is 7. The minimum Gasteiger partial charge on any atom is -0.310 e. The van der Waals surface area contributed by atoms with Crippen LogP contribution in [0.15, 0.2) is 35.1 Å². The number of halogens is 2. The molecule has 0 aliphatic rings. The Morgan fingerprint density at radius 1 is 1.38 bits per heavy atom. The van der Waals surface area contributed by atoms with E-state index in [2.05, 4.69) is 52.5 Å². The van der Waals surface area contributed by atoms with Crippen molar-refractivity contribution in [1.29, 1.82) is 0 Å². The maximum atomic E-state index is 6.39. The average Bonchev–Trinajstić information content (AvgIpc) is 2.94. The van der Waals surface area contributed by atoms with Gasteiger partial charge < -0.3 is 5.32 Å². The fraction of sp³-hybridized carbons (Fsp3) is 0.438. The molecule has 21 heavy (non-hydrogen) atoms. The third kappa shape index (κ3) is 4.56. The van der Waals surface area contributed by atoms with Gasteiger partial charge in [0.1, 0.15) is 0 Å². The van der Waals surface area contributed by atoms with Crippen LogP contribution in [0.25, 0.3) is 0 Å². The van der Waals surface area contributed by atoms with Gasteiger partial charge in [-0.05, 0) is 55.6 Å². The van der Waals surface area contributed by atoms with Crippen molar-refractivity contribution in [2.45, 2.75) is 39.3 Å². The summed E-state index contributed by atoms with van der Waals surface area (Å²) >= 11 is 9.92. The smallest absolute Gasteiger partial charge is 0.0522 e. The Labute approximate surface area is 139 Å². The second kappa shape index (κ2) is 7.97. The Morgan fingerprint density at radius 3 is 2.86 bits per heavy atom. The van der Waals surface area contributed by atoms with E-state index in [9.17, 15) is 0 Å². The quantitative estimate of drug-likeness (QED) is 0.772. The summed E-state index contributed by atoms with van der Waals surface area (Å²) in [5, 5.41) is 8.74. The van der Waals surface area contributed by atoms with E-state index >= 15 is 0 Å². The van der Waals surface area contributed by atoms with Crippen molar-refractivity contribution in [3.63, 3.8) is 0 Å². The lowest BCUT2D eigenvalue weighted by Crippen LogP contribution is -2.24. The molecule has 1 atom stereocenters. The summed E-state index contributed by atoms with van der Waals surface area (Å²) in [4.78, 5) is 0. The Bertz CT molecular complexity index is 583. The van der Waals surface area contributed by atoms with Crippen LogP contribution in [0.3, 0.4) is 0 Å². The Hall–Kier alpha value is -0.840. The first-order valence-electron chi connectivity index (χ1n) is 7.33. The number of aromatic nitrogens is 2. The van der Waals surface area contributed by atoms with E-state index in [1.807, 2.05) is 23.0 Å². The summed E-state index contributed by atoms with van der Waals surface area (Å²) in [6.45, 7) is 6.12. The van der Waals surface area contributed by atoms with Crippen LogP contribution in [0, 0.1) is 0 Å². The van der Waals surface area contributed by atoms with E-state index in [1.54, 1.807) is 0 Å². The van der Waals surface area contributed by atoms with Crippen molar-refractivity contribution < 1.29 is 0 Å². The molecule has 0 fully saturated rings. The molecule has 1 N–H and O–H groups in total. The Morgan fingerprint density at radius 2 is 2.19 bits per heavy atom. The van der Waals surface area contributed by atoms with Crippen LogP contribution in [-0.4, -0.2) is 16.3 Å². The van der Waals surface area contributed by atoms with E-state index in [0.717, 1.165) is 41.0 Å². The third-order valence-electron chi connectivity index (χ3n) is 3.42. The normalized spacial score (nSPS) is 12.6. The zero-order valence-electron chi connectivity index (χ0n) is 12.4. The fourth-order valence-electron chi connectivity index (χ4n) is 2.31. The molecule has 1 aromatic carbocycles. The van der Waals surface area contributed by atoms with E-state index in [0.29, 0.717) is 0 Å². The largest absolute Gasteiger partial charge is 0.310 e. The van der Waals surface area contributed by atoms with Gasteiger partial charge in [-0.2, -0.15) is 5.10 Å². The van der Waals surface area contributed by atoms with Gasteiger partial charge in [-0.3, -0.25) is 4.68 Å². The van der Waals surface area contributed by atoms with Gasteiger partial charge in [-0.15, -0.1) is 0 Å². The molecule has 5 heteroatoms. The highest BCUT2D eigenvalue weighted by Crippen LogP contribution is 2.28. The highest BCUT2D eigenvalue weighted by molar-refractivity contribution is 9.10. The highest BCUT2D eigenvalue weighted by atomic mass is 79.9. The van der Waals surface area contributed by atoms with Gasteiger partial charge in [-0.25, -0.2) is 0 Å². The van der Waals surface area contributed by atoms with Gasteiger partial charge in [0.25, 0.3) is 0 Å². The average molecular weight is 371 g/mol. The monoisotopic (exact) mass is 369 g/mol. The molecule has 0 saturated heterocycles. The van der Waals surface area contributed by atoms with Crippen molar-refractivity contribution in [3.8, 4) is 0 Å². The summed E-state index contributed by atoms with van der Waals surface area (Å²) in [5.74, 6) is 0. The van der Waals surface area contributed by atoms with Crippen LogP contribution in [-0.2, 0) is 13.0 Å². The van der Waals surface area contributed by atoms with Crippen molar-refractivity contribution >= 4 is 27.5 Å². The molecule has 2 aromatic rings. The molecule has 0 spiro atoms. The van der Waals surface area contributed by atoms with Crippen molar-refractivity contribution in [2.75, 3.05) is 6.54 Å². The van der Waals surface area contributed by atoms with Crippen LogP contribution in [0.5, 0.6) is 0 Å². The summed E-state index contributed by atoms with van der Waals surface area (Å²) in [6, 6.07) is 6.21. The fourth-order valence-corrected chi connectivity index (χ4v) is 2.94. The second-order valence-corrected chi connectivity index (χ2v) is 6.40. The van der Waals surface area contributed by atoms with E-state index in [1.165, 1.54) is 5.56 Å². The molecule has 0 amide bonds. The van der Waals surface area contributed by atoms with E-state index in [-0.39, 0.29) is 6.04 Å². The maximum Gasteiger partial charge on any atom is 0.0522 e. The molecule has 3 nitrogen and oxygen atoms in total. The van der Waals surface area contributed by atoms with Crippen molar-refractivity contribution in [1.82, 2.24) is 15.1 Å². The van der Waals surface area contributed by atoms with Gasteiger partial charge in [-0.1, -0.05) is 34.5 Å². The molecule has 0 radical (unpaired) electrons. The molecule has 0 aliphatic heterocycles. The first kappa shape index (κ1) is 16.5. The molecule has 0 aliphatic carbocycles. The van der Waals surface area contributed by atoms with Crippen LogP contribution in [0.1, 0.15) is 37.4 Å². The van der Waals surface area contributed by atoms with Crippen LogP contribution >= 0.6 is 27.5 Å². The number of aryl methyl sites for hydroxylation is 1. The topological polar surface area (TPSA) is 29.9 Å². The first-order chi connectivity index (χ1) is 10.1. The predicted molar refractivity (Wildman–Crippen MR) is 91.8 cm³/mol. The minimum atomic E-state index is 0.199. The predicted octanol–water partition coefficient (Wildman–Crippen LogP) is 4.60. The maximum absolute atomic E-state index is 6.39. The van der Waals surface area contributed by atoms with Gasteiger partial charge in [0.15, 0.2) is 0 Å². The Balaban J connectivity index is 2.22. The number of hydrogen-bond acceptors (Lipinski definition) is 2. The number of hydrogen-bond donors (Lipinski definition) is 1. The SMILES string of the molecule is CCCNC(Cc1cnn(CC)c1)c1cc(Br)ccc1Cl. The molecule has 0 saturated carbocycles. The van der Waals surface area contributed by atoms with Crippen LogP contribution < -0.4 is 5.32 Å². The molecular formula is C16H21BrClN3. The second-order valence-electron chi connectivity index (χ2n) is 5.08. The lowest BCUT2D eigenvalue weighted by Gasteiger charge is -2.20. The molecule has 1 heterocycles. The summed E-state index contributed by atoms with van der Waals surface area (Å²) in [5.41, 5.74) is 2.35. The number of nitrogens with one attached hydrogen (secondary N) is 1. The van der Waals surface area contributed by atoms with Gasteiger partial charge in [0.05, 0.1) is 6.20 Å². The van der Waals surface area contributed by atoms with Crippen LogP contribution in [0.4, 0.5) is 0 Å². The highest BCUT2D eigenvalue weighted by Gasteiger charge is 2.16. The molecule has 2 rings (SSSR count). The van der Waals surface area contributed by atoms with Crippen molar-refractivity contribution in [2.24, 2.45) is 0 Å². The first-order valence-corrected chi connectivity index (χ1v) is 8.50. The molecule has 114 valence electrons. The number of benzene rings is 1. The van der Waals surface area contributed by atoms with E-state index < -0.39 is 0 Å². The summed E-state index contributed by atoms with van der Waals surface area (Å²) < 4.78 is 3.00. The minimum absolute atomic E-state index is 0.199. The third-order valence-corrected chi connectivity index (χ3v) is 4.26. The Kier molecular flexibility index (Phi) is 6.27. The van der Waals surface area contributed by atoms with Crippen LogP contribution in [0.2, 0.25) is 5.02 Å². The molecule has 0 bridgehead atoms. The molecular weight excluding hydrogens is 350 g/mol. The van der Waals surface area contributed by atoms with Gasteiger partial charge >= 0.3 is 0 Å². The zero-order chi connectivity index (χ0) is 15.2. The van der Waals surface area contributed by atoms with Crippen molar-refractivity contribution in [3.05, 3.63) is 51.2 Å². The van der Waals surface area contributed by atoms with E-state index in [4.69, 9.17) is 11.6 Å². The lowest BCUT2D eigenvalue weighted by atomic mass is 10.0. The standard InChI is InChI=1S/C16H21BrClN3/c1-3-7-19-16(8-12-10-20-21(4-2)11-12)14-9-13(17)5-6-15(14)18/h5-6,9-11,16,19H,3-4,7-8H2,1-2H3. The lowest BCUT2D eigenvalue weighted by molar-refractivity contribution is 0.529. The zero-order valence-corrected chi connectivity index (χ0v) is 14.8.